The van der Waals surface area contributed by atoms with Crippen molar-refractivity contribution in [1.29, 1.82) is 0 Å². The van der Waals surface area contributed by atoms with Crippen LogP contribution < -0.4 is 20.2 Å². The van der Waals surface area contributed by atoms with Crippen LogP contribution in [0.2, 0.25) is 0 Å². The van der Waals surface area contributed by atoms with Gasteiger partial charge in [-0.25, -0.2) is 10.2 Å². The summed E-state index contributed by atoms with van der Waals surface area (Å²) in [5, 5.41) is 6.67. The number of hydrogen-bond donors (Lipinski definition) is 2. The Balaban J connectivity index is 1.43. The number of nitrogens with one attached hydrogen (secondary N) is 2. The Morgan fingerprint density at radius 1 is 0.947 bits per heavy atom. The van der Waals surface area contributed by atoms with Crippen molar-refractivity contribution in [3.05, 3.63) is 112 Å². The van der Waals surface area contributed by atoms with Gasteiger partial charge >= 0.3 is 5.97 Å². The fourth-order valence-corrected chi connectivity index (χ4v) is 3.57. The van der Waals surface area contributed by atoms with Gasteiger partial charge in [-0.05, 0) is 79.2 Å². The lowest BCUT2D eigenvalue weighted by Gasteiger charge is -2.11. The quantitative estimate of drug-likeness (QED) is 0.115. The van der Waals surface area contributed by atoms with Crippen molar-refractivity contribution in [3.63, 3.8) is 0 Å². The number of hydrazone groups is 1. The van der Waals surface area contributed by atoms with Gasteiger partial charge in [0.25, 0.3) is 11.8 Å². The summed E-state index contributed by atoms with van der Waals surface area (Å²) >= 11 is 3.33. The van der Waals surface area contributed by atoms with Crippen molar-refractivity contribution in [3.8, 4) is 11.5 Å². The van der Waals surface area contributed by atoms with Crippen LogP contribution in [0.5, 0.6) is 11.5 Å². The molecule has 0 aliphatic rings. The first-order valence-electron chi connectivity index (χ1n) is 11.5. The van der Waals surface area contributed by atoms with E-state index in [0.717, 1.165) is 4.47 Å². The molecule has 2 N–H and O–H groups in total. The minimum Gasteiger partial charge on any atom is -0.490 e. The first kappa shape index (κ1) is 26.4. The summed E-state index contributed by atoms with van der Waals surface area (Å²) in [4.78, 5) is 37.6. The molecule has 4 aromatic rings. The molecular formula is C28H22BrN3O6. The number of nitrogens with zero attached hydrogens (tertiary/aromatic N) is 1. The molecule has 0 bridgehead atoms. The van der Waals surface area contributed by atoms with E-state index in [4.69, 9.17) is 13.9 Å². The average molecular weight is 576 g/mol. The first-order chi connectivity index (χ1) is 18.4. The molecule has 0 radical (unpaired) electrons. The second-order valence-electron chi connectivity index (χ2n) is 7.71. The number of carbonyl (C=O) groups is 3. The van der Waals surface area contributed by atoms with Crippen LogP contribution in [0.25, 0.3) is 0 Å². The predicted molar refractivity (Wildman–Crippen MR) is 145 cm³/mol. The predicted octanol–water partition coefficient (Wildman–Crippen LogP) is 5.68. The summed E-state index contributed by atoms with van der Waals surface area (Å²) < 4.78 is 17.1. The zero-order valence-electron chi connectivity index (χ0n) is 20.1. The first-order valence-corrected chi connectivity index (χ1v) is 12.3. The molecule has 38 heavy (non-hydrogen) atoms. The van der Waals surface area contributed by atoms with E-state index >= 15 is 0 Å². The molecule has 0 atom stereocenters. The highest BCUT2D eigenvalue weighted by molar-refractivity contribution is 9.10. The summed E-state index contributed by atoms with van der Waals surface area (Å²) in [7, 11) is 0. The topological polar surface area (TPSA) is 119 Å². The summed E-state index contributed by atoms with van der Waals surface area (Å²) in [6.07, 6.45) is 2.81. The maximum absolute atomic E-state index is 12.7. The van der Waals surface area contributed by atoms with E-state index in [9.17, 15) is 14.4 Å². The highest BCUT2D eigenvalue weighted by atomic mass is 79.9. The van der Waals surface area contributed by atoms with Crippen molar-refractivity contribution in [1.82, 2.24) is 5.43 Å². The maximum atomic E-state index is 12.7. The average Bonchev–Trinajstić information content (AvgIpc) is 3.46. The van der Waals surface area contributed by atoms with E-state index in [1.165, 1.54) is 18.5 Å². The van der Waals surface area contributed by atoms with Crippen LogP contribution in [0.15, 0.2) is 99.1 Å². The third-order valence-electron chi connectivity index (χ3n) is 5.09. The summed E-state index contributed by atoms with van der Waals surface area (Å²) in [5.41, 5.74) is 3.95. The second-order valence-corrected chi connectivity index (χ2v) is 8.63. The number of benzene rings is 3. The van der Waals surface area contributed by atoms with Crippen LogP contribution in [0.3, 0.4) is 0 Å². The third kappa shape index (κ3) is 6.74. The molecule has 1 aromatic heterocycles. The lowest BCUT2D eigenvalue weighted by molar-refractivity contribution is 0.0728. The maximum Gasteiger partial charge on any atom is 0.343 e. The van der Waals surface area contributed by atoms with E-state index in [0.29, 0.717) is 29.2 Å². The minimum absolute atomic E-state index is 0.120. The lowest BCUT2D eigenvalue weighted by Crippen LogP contribution is -2.21. The Morgan fingerprint density at radius 3 is 2.47 bits per heavy atom. The zero-order chi connectivity index (χ0) is 26.9. The van der Waals surface area contributed by atoms with Gasteiger partial charge in [0.2, 0.25) is 0 Å². The standard InChI is InChI=1S/C28H22BrN3O6/c1-2-36-25-16-18(9-14-23(25)38-28(35)19-10-12-20(29)13-11-19)17-30-32-26(33)21-6-3-4-7-22(21)31-27(34)24-8-5-15-37-24/h3-17H,2H2,1H3,(H,31,34)(H,32,33)/b30-17-. The highest BCUT2D eigenvalue weighted by Crippen LogP contribution is 2.29. The lowest BCUT2D eigenvalue weighted by atomic mass is 10.1. The number of amides is 2. The number of ether oxygens (including phenoxy) is 2. The van der Waals surface area contributed by atoms with Gasteiger partial charge in [-0.1, -0.05) is 28.1 Å². The van der Waals surface area contributed by atoms with Crippen molar-refractivity contribution >= 4 is 45.6 Å². The number of hydrogen-bond acceptors (Lipinski definition) is 7. The van der Waals surface area contributed by atoms with E-state index in [1.807, 2.05) is 6.92 Å². The van der Waals surface area contributed by atoms with Crippen LogP contribution in [0, 0.1) is 0 Å². The summed E-state index contributed by atoms with van der Waals surface area (Å²) in [5.74, 6) is -0.814. The largest absolute Gasteiger partial charge is 0.490 e. The Bertz CT molecular complexity index is 1470. The second kappa shape index (κ2) is 12.5. The molecule has 0 saturated carbocycles. The molecule has 1 heterocycles. The summed E-state index contributed by atoms with van der Waals surface area (Å²) in [6.45, 7) is 2.16. The van der Waals surface area contributed by atoms with Crippen molar-refractivity contribution in [2.24, 2.45) is 5.10 Å². The Kier molecular flexibility index (Phi) is 8.68. The Hall–Kier alpha value is -4.70. The molecule has 0 unspecified atom stereocenters. The fourth-order valence-electron chi connectivity index (χ4n) is 3.31. The Morgan fingerprint density at radius 2 is 1.74 bits per heavy atom. The van der Waals surface area contributed by atoms with Gasteiger partial charge in [-0.15, -0.1) is 0 Å². The molecule has 0 aliphatic carbocycles. The van der Waals surface area contributed by atoms with Crippen molar-refractivity contribution in [2.75, 3.05) is 11.9 Å². The van der Waals surface area contributed by atoms with Crippen LogP contribution in [-0.4, -0.2) is 30.6 Å². The van der Waals surface area contributed by atoms with Crippen molar-refractivity contribution in [2.45, 2.75) is 6.92 Å². The number of furan rings is 1. The normalized spacial score (nSPS) is 10.7. The van der Waals surface area contributed by atoms with Crippen molar-refractivity contribution < 1.29 is 28.3 Å². The number of para-hydroxylation sites is 1. The molecular weight excluding hydrogens is 554 g/mol. The monoisotopic (exact) mass is 575 g/mol. The molecule has 9 nitrogen and oxygen atoms in total. The number of esters is 1. The third-order valence-corrected chi connectivity index (χ3v) is 5.62. The summed E-state index contributed by atoms with van der Waals surface area (Å²) in [6, 6.07) is 21.3. The molecule has 4 rings (SSSR count). The smallest absolute Gasteiger partial charge is 0.343 e. The van der Waals surface area contributed by atoms with Crippen LogP contribution in [0.4, 0.5) is 5.69 Å². The number of carbonyl (C=O) groups excluding carboxylic acids is 3. The van der Waals surface area contributed by atoms with E-state index in [2.05, 4.69) is 31.8 Å². The van der Waals surface area contributed by atoms with Gasteiger partial charge in [-0.3, -0.25) is 9.59 Å². The van der Waals surface area contributed by atoms with E-state index < -0.39 is 17.8 Å². The van der Waals surface area contributed by atoms with Gasteiger partial charge < -0.3 is 19.2 Å². The van der Waals surface area contributed by atoms with Gasteiger partial charge in [0.15, 0.2) is 17.3 Å². The fraction of sp³-hybridized carbons (Fsp3) is 0.0714. The molecule has 0 spiro atoms. The SMILES string of the molecule is CCOc1cc(/C=N\NC(=O)c2ccccc2NC(=O)c2ccco2)ccc1OC(=O)c1ccc(Br)cc1. The van der Waals surface area contributed by atoms with Crippen LogP contribution >= 0.6 is 15.9 Å². The number of rotatable bonds is 9. The molecule has 0 saturated heterocycles. The zero-order valence-corrected chi connectivity index (χ0v) is 21.7. The molecule has 10 heteroatoms. The molecule has 192 valence electrons. The van der Waals surface area contributed by atoms with E-state index in [-0.39, 0.29) is 17.1 Å². The molecule has 2 amide bonds. The van der Waals surface area contributed by atoms with Gasteiger partial charge in [0.05, 0.1) is 35.9 Å². The molecule has 3 aromatic carbocycles. The van der Waals surface area contributed by atoms with Gasteiger partial charge in [-0.2, -0.15) is 5.10 Å². The van der Waals surface area contributed by atoms with Gasteiger partial charge in [0.1, 0.15) is 0 Å². The Labute approximate surface area is 226 Å². The van der Waals surface area contributed by atoms with Gasteiger partial charge in [0, 0.05) is 4.47 Å². The highest BCUT2D eigenvalue weighted by Gasteiger charge is 2.16. The molecule has 0 aliphatic heterocycles. The minimum atomic E-state index is -0.526. The number of halogens is 1. The van der Waals surface area contributed by atoms with Crippen LogP contribution in [0.1, 0.15) is 43.8 Å². The molecule has 0 fully saturated rings. The number of anilines is 1. The van der Waals surface area contributed by atoms with E-state index in [1.54, 1.807) is 72.8 Å². The van der Waals surface area contributed by atoms with Crippen LogP contribution in [-0.2, 0) is 0 Å².